The lowest BCUT2D eigenvalue weighted by Gasteiger charge is -2.35. The quantitative estimate of drug-likeness (QED) is 0.331. The predicted molar refractivity (Wildman–Crippen MR) is 115 cm³/mol. The van der Waals surface area contributed by atoms with E-state index >= 15 is 0 Å². The van der Waals surface area contributed by atoms with Crippen LogP contribution in [0.15, 0.2) is 4.99 Å². The summed E-state index contributed by atoms with van der Waals surface area (Å²) in [6.45, 7) is 10.2. The summed E-state index contributed by atoms with van der Waals surface area (Å²) in [6.07, 6.45) is -0.883. The van der Waals surface area contributed by atoms with Gasteiger partial charge in [0, 0.05) is 38.3 Å². The van der Waals surface area contributed by atoms with Crippen LogP contribution < -0.4 is 10.6 Å². The number of halogens is 4. The van der Waals surface area contributed by atoms with Gasteiger partial charge in [0.15, 0.2) is 5.96 Å². The summed E-state index contributed by atoms with van der Waals surface area (Å²) < 4.78 is 37.6. The Bertz CT molecular complexity index is 461. The van der Waals surface area contributed by atoms with E-state index < -0.39 is 12.7 Å². The minimum absolute atomic E-state index is 0. The molecule has 2 aliphatic rings. The number of guanidine groups is 1. The maximum absolute atomic E-state index is 12.5. The maximum Gasteiger partial charge on any atom is 0.401 e. The van der Waals surface area contributed by atoms with Crippen LogP contribution in [0.25, 0.3) is 0 Å². The van der Waals surface area contributed by atoms with Crippen LogP contribution >= 0.6 is 24.0 Å². The number of nitrogens with one attached hydrogen (secondary N) is 2. The molecule has 3 unspecified atom stereocenters. The Morgan fingerprint density at radius 1 is 1.22 bits per heavy atom. The molecule has 0 spiro atoms. The molecule has 2 saturated heterocycles. The molecule has 0 amide bonds. The first-order valence-corrected chi connectivity index (χ1v) is 9.84. The maximum atomic E-state index is 12.5. The lowest BCUT2D eigenvalue weighted by molar-refractivity contribution is -0.143. The molecule has 0 bridgehead atoms. The molecule has 2 N–H and O–H groups in total. The van der Waals surface area contributed by atoms with E-state index in [-0.39, 0.29) is 30.0 Å². The number of rotatable bonds is 6. The Labute approximate surface area is 178 Å². The summed E-state index contributed by atoms with van der Waals surface area (Å²) >= 11 is 0. The SMILES string of the molecule is CCNC(=NCC(C)N1CCCC(C)C1)NC1CCN(CC(F)(F)F)C1.I. The van der Waals surface area contributed by atoms with Crippen LogP contribution in [0.1, 0.15) is 40.0 Å². The molecule has 0 aromatic heterocycles. The summed E-state index contributed by atoms with van der Waals surface area (Å²) in [5, 5.41) is 6.53. The van der Waals surface area contributed by atoms with Crippen molar-refractivity contribution in [1.29, 1.82) is 0 Å². The summed E-state index contributed by atoms with van der Waals surface area (Å²) in [5.41, 5.74) is 0. The molecule has 2 rings (SSSR count). The van der Waals surface area contributed by atoms with Crippen LogP contribution in [-0.2, 0) is 0 Å². The average molecular weight is 505 g/mol. The van der Waals surface area contributed by atoms with Crippen molar-refractivity contribution in [3.63, 3.8) is 0 Å². The van der Waals surface area contributed by atoms with Crippen molar-refractivity contribution in [3.05, 3.63) is 0 Å². The highest BCUT2D eigenvalue weighted by molar-refractivity contribution is 14.0. The van der Waals surface area contributed by atoms with E-state index in [1.54, 1.807) is 0 Å². The van der Waals surface area contributed by atoms with Crippen LogP contribution in [0.4, 0.5) is 13.2 Å². The topological polar surface area (TPSA) is 42.9 Å². The van der Waals surface area contributed by atoms with Gasteiger partial charge in [-0.15, -0.1) is 24.0 Å². The number of nitrogens with zero attached hydrogens (tertiary/aromatic N) is 3. The van der Waals surface area contributed by atoms with E-state index in [2.05, 4.69) is 34.4 Å². The molecular formula is C18H35F3IN5. The first-order chi connectivity index (χ1) is 12.3. The summed E-state index contributed by atoms with van der Waals surface area (Å²) in [6, 6.07) is 0.388. The van der Waals surface area contributed by atoms with Crippen LogP contribution in [-0.4, -0.2) is 79.8 Å². The van der Waals surface area contributed by atoms with Crippen molar-refractivity contribution in [2.75, 3.05) is 45.8 Å². The smallest absolute Gasteiger partial charge is 0.357 e. The Morgan fingerprint density at radius 3 is 2.59 bits per heavy atom. The molecule has 0 radical (unpaired) electrons. The van der Waals surface area contributed by atoms with Crippen molar-refractivity contribution in [2.24, 2.45) is 10.9 Å². The Morgan fingerprint density at radius 2 is 1.96 bits per heavy atom. The Hall–Kier alpha value is -0.290. The van der Waals surface area contributed by atoms with Crippen molar-refractivity contribution >= 4 is 29.9 Å². The molecule has 3 atom stereocenters. The van der Waals surface area contributed by atoms with E-state index in [1.165, 1.54) is 17.7 Å². The van der Waals surface area contributed by atoms with Gasteiger partial charge in [-0.3, -0.25) is 14.8 Å². The van der Waals surface area contributed by atoms with E-state index in [9.17, 15) is 13.2 Å². The molecule has 5 nitrogen and oxygen atoms in total. The van der Waals surface area contributed by atoms with Gasteiger partial charge in [-0.2, -0.15) is 13.2 Å². The largest absolute Gasteiger partial charge is 0.401 e. The minimum atomic E-state index is -4.13. The molecule has 2 aliphatic heterocycles. The third kappa shape index (κ3) is 9.17. The Kier molecular flexibility index (Phi) is 10.7. The van der Waals surface area contributed by atoms with Crippen LogP contribution in [0, 0.1) is 5.92 Å². The number of hydrogen-bond acceptors (Lipinski definition) is 3. The highest BCUT2D eigenvalue weighted by Crippen LogP contribution is 2.20. The van der Waals surface area contributed by atoms with E-state index in [0.29, 0.717) is 38.1 Å². The monoisotopic (exact) mass is 505 g/mol. The second kappa shape index (κ2) is 11.6. The molecular weight excluding hydrogens is 470 g/mol. The zero-order valence-corrected chi connectivity index (χ0v) is 19.0. The summed E-state index contributed by atoms with van der Waals surface area (Å²) in [7, 11) is 0. The third-order valence-electron chi connectivity index (χ3n) is 5.19. The van der Waals surface area contributed by atoms with Gasteiger partial charge in [0.1, 0.15) is 0 Å². The lowest BCUT2D eigenvalue weighted by atomic mass is 9.99. The van der Waals surface area contributed by atoms with Crippen LogP contribution in [0.2, 0.25) is 0 Å². The zero-order chi connectivity index (χ0) is 19.2. The third-order valence-corrected chi connectivity index (χ3v) is 5.19. The molecule has 9 heteroatoms. The van der Waals surface area contributed by atoms with Crippen molar-refractivity contribution in [2.45, 2.75) is 58.3 Å². The molecule has 160 valence electrons. The predicted octanol–water partition coefficient (Wildman–Crippen LogP) is 2.92. The highest BCUT2D eigenvalue weighted by Gasteiger charge is 2.34. The average Bonchev–Trinajstić information content (AvgIpc) is 2.97. The minimum Gasteiger partial charge on any atom is -0.357 e. The molecule has 2 heterocycles. The number of aliphatic imine (C=N–C) groups is 1. The number of hydrogen-bond donors (Lipinski definition) is 2. The molecule has 0 aromatic rings. The summed E-state index contributed by atoms with van der Waals surface area (Å²) in [4.78, 5) is 8.63. The number of alkyl halides is 3. The normalized spacial score (nSPS) is 26.5. The fourth-order valence-electron chi connectivity index (χ4n) is 3.83. The van der Waals surface area contributed by atoms with E-state index in [0.717, 1.165) is 25.6 Å². The fourth-order valence-corrected chi connectivity index (χ4v) is 3.83. The highest BCUT2D eigenvalue weighted by atomic mass is 127. The van der Waals surface area contributed by atoms with Crippen molar-refractivity contribution < 1.29 is 13.2 Å². The van der Waals surface area contributed by atoms with Gasteiger partial charge in [0.2, 0.25) is 0 Å². The van der Waals surface area contributed by atoms with Gasteiger partial charge in [0.05, 0.1) is 13.1 Å². The van der Waals surface area contributed by atoms with E-state index in [4.69, 9.17) is 0 Å². The molecule has 2 fully saturated rings. The fraction of sp³-hybridized carbons (Fsp3) is 0.944. The first-order valence-electron chi connectivity index (χ1n) is 9.84. The lowest BCUT2D eigenvalue weighted by Crippen LogP contribution is -2.46. The molecule has 0 saturated carbocycles. The van der Waals surface area contributed by atoms with Gasteiger partial charge < -0.3 is 10.6 Å². The van der Waals surface area contributed by atoms with Crippen LogP contribution in [0.5, 0.6) is 0 Å². The van der Waals surface area contributed by atoms with Crippen molar-refractivity contribution in [1.82, 2.24) is 20.4 Å². The molecule has 27 heavy (non-hydrogen) atoms. The van der Waals surface area contributed by atoms with Gasteiger partial charge in [-0.25, -0.2) is 0 Å². The second-order valence-corrected chi connectivity index (χ2v) is 7.79. The van der Waals surface area contributed by atoms with Gasteiger partial charge in [-0.05, 0) is 45.6 Å². The molecule has 0 aliphatic carbocycles. The standard InChI is InChI=1S/C18H34F3N5.HI/c1-4-22-17(23-10-15(3)26-8-5-6-14(2)11-26)24-16-7-9-25(12-16)13-18(19,20)21;/h14-16H,4-13H2,1-3H3,(H2,22,23,24);1H. The van der Waals surface area contributed by atoms with Gasteiger partial charge in [-0.1, -0.05) is 6.92 Å². The van der Waals surface area contributed by atoms with Gasteiger partial charge >= 0.3 is 6.18 Å². The first kappa shape index (κ1) is 24.7. The van der Waals surface area contributed by atoms with E-state index in [1.807, 2.05) is 6.92 Å². The zero-order valence-electron chi connectivity index (χ0n) is 16.7. The molecule has 0 aromatic carbocycles. The second-order valence-electron chi connectivity index (χ2n) is 7.79. The number of likely N-dealkylation sites (tertiary alicyclic amines) is 2. The Balaban J connectivity index is 0.00000364. The van der Waals surface area contributed by atoms with Crippen molar-refractivity contribution in [3.8, 4) is 0 Å². The summed E-state index contributed by atoms with van der Waals surface area (Å²) in [5.74, 6) is 1.45. The van der Waals surface area contributed by atoms with Crippen LogP contribution in [0.3, 0.4) is 0 Å². The number of piperidine rings is 1. The van der Waals surface area contributed by atoms with Gasteiger partial charge in [0.25, 0.3) is 0 Å².